The molecule has 0 unspecified atom stereocenters. The molecule has 11 heteroatoms. The molecule has 8 nitrogen and oxygen atoms in total. The van der Waals surface area contributed by atoms with E-state index in [0.717, 1.165) is 16.1 Å². The SMILES string of the molecule is Cc1ccc(NC(=O)CCc2nnc(S[C@H](C)C(=O)Nc3nc(C)c(C)s3)n2C)cc1Cl. The lowest BCUT2D eigenvalue weighted by atomic mass is 10.2. The van der Waals surface area contributed by atoms with E-state index in [2.05, 4.69) is 25.8 Å². The van der Waals surface area contributed by atoms with Crippen molar-refractivity contribution < 1.29 is 9.59 Å². The lowest BCUT2D eigenvalue weighted by Crippen LogP contribution is -2.22. The Morgan fingerprint density at radius 1 is 1.22 bits per heavy atom. The second kappa shape index (κ2) is 10.5. The van der Waals surface area contributed by atoms with Crippen molar-refractivity contribution >= 4 is 57.3 Å². The molecular formula is C21H25ClN6O2S2. The van der Waals surface area contributed by atoms with Crippen molar-refractivity contribution in [2.45, 2.75) is 50.9 Å². The standard InChI is InChI=1S/C21H25ClN6O2S2/c1-11-6-7-15(10-16(11)22)24-18(29)9-8-17-26-27-21(28(17)5)32-14(4)19(30)25-20-23-12(2)13(3)31-20/h6-7,10,14H,8-9H2,1-5H3,(H,24,29)(H,23,25,30)/t14-/m1/s1. The third kappa shape index (κ3) is 6.08. The highest BCUT2D eigenvalue weighted by Gasteiger charge is 2.20. The number of thiazole rings is 1. The number of anilines is 2. The third-order valence-electron chi connectivity index (χ3n) is 4.87. The van der Waals surface area contributed by atoms with E-state index in [1.54, 1.807) is 6.07 Å². The first-order chi connectivity index (χ1) is 15.1. The minimum atomic E-state index is -0.384. The predicted molar refractivity (Wildman–Crippen MR) is 130 cm³/mol. The van der Waals surface area contributed by atoms with Crippen molar-refractivity contribution in [2.24, 2.45) is 7.05 Å². The van der Waals surface area contributed by atoms with E-state index in [1.807, 2.05) is 51.4 Å². The Balaban J connectivity index is 1.53. The van der Waals surface area contributed by atoms with Crippen LogP contribution in [0.5, 0.6) is 0 Å². The average molecular weight is 493 g/mol. The van der Waals surface area contributed by atoms with Gasteiger partial charge in [-0.05, 0) is 45.4 Å². The first kappa shape index (κ1) is 24.2. The van der Waals surface area contributed by atoms with Gasteiger partial charge in [0.1, 0.15) is 5.82 Å². The fraction of sp³-hybridized carbons (Fsp3) is 0.381. The van der Waals surface area contributed by atoms with Crippen molar-refractivity contribution in [3.05, 3.63) is 45.2 Å². The summed E-state index contributed by atoms with van der Waals surface area (Å²) in [6, 6.07) is 5.40. The maximum absolute atomic E-state index is 12.5. The number of hydrogen-bond acceptors (Lipinski definition) is 7. The molecule has 0 saturated heterocycles. The number of amides is 2. The fourth-order valence-electron chi connectivity index (χ4n) is 2.73. The molecule has 2 aromatic heterocycles. The first-order valence-electron chi connectivity index (χ1n) is 10.00. The summed E-state index contributed by atoms with van der Waals surface area (Å²) in [7, 11) is 1.83. The van der Waals surface area contributed by atoms with E-state index in [9.17, 15) is 9.59 Å². The number of nitrogens with one attached hydrogen (secondary N) is 2. The molecule has 3 aromatic rings. The van der Waals surface area contributed by atoms with Crippen LogP contribution in [0.4, 0.5) is 10.8 Å². The fourth-order valence-corrected chi connectivity index (χ4v) is 4.56. The summed E-state index contributed by atoms with van der Waals surface area (Å²) in [5, 5.41) is 15.5. The zero-order chi connectivity index (χ0) is 23.4. The number of aryl methyl sites for hydroxylation is 4. The number of carbonyl (C=O) groups is 2. The average Bonchev–Trinajstić information content (AvgIpc) is 3.24. The summed E-state index contributed by atoms with van der Waals surface area (Å²) in [5.74, 6) is 0.386. The molecule has 0 aliphatic carbocycles. The van der Waals surface area contributed by atoms with Crippen LogP contribution >= 0.6 is 34.7 Å². The number of rotatable bonds is 8. The molecule has 1 atom stereocenters. The Morgan fingerprint density at radius 2 is 1.97 bits per heavy atom. The molecule has 170 valence electrons. The van der Waals surface area contributed by atoms with Crippen LogP contribution in [0.25, 0.3) is 0 Å². The van der Waals surface area contributed by atoms with Gasteiger partial charge in [0.05, 0.1) is 10.9 Å². The Kier molecular flexibility index (Phi) is 7.91. The van der Waals surface area contributed by atoms with Gasteiger partial charge in [-0.3, -0.25) is 9.59 Å². The molecule has 0 bridgehead atoms. The molecule has 2 amide bonds. The van der Waals surface area contributed by atoms with Gasteiger partial charge in [0.25, 0.3) is 0 Å². The summed E-state index contributed by atoms with van der Waals surface area (Å²) in [6.07, 6.45) is 0.675. The van der Waals surface area contributed by atoms with E-state index in [-0.39, 0.29) is 23.5 Å². The van der Waals surface area contributed by atoms with E-state index >= 15 is 0 Å². The Bertz CT molecular complexity index is 1120. The van der Waals surface area contributed by atoms with Crippen LogP contribution < -0.4 is 10.6 Å². The first-order valence-corrected chi connectivity index (χ1v) is 12.1. The monoisotopic (exact) mass is 492 g/mol. The highest BCUT2D eigenvalue weighted by atomic mass is 35.5. The van der Waals surface area contributed by atoms with E-state index in [1.165, 1.54) is 23.1 Å². The summed E-state index contributed by atoms with van der Waals surface area (Å²) in [6.45, 7) is 7.60. The van der Waals surface area contributed by atoms with Crippen LogP contribution in [-0.4, -0.2) is 36.8 Å². The van der Waals surface area contributed by atoms with E-state index < -0.39 is 0 Å². The van der Waals surface area contributed by atoms with E-state index in [0.29, 0.717) is 33.2 Å². The zero-order valence-electron chi connectivity index (χ0n) is 18.5. The zero-order valence-corrected chi connectivity index (χ0v) is 20.9. The maximum Gasteiger partial charge on any atom is 0.239 e. The Hall–Kier alpha value is -2.43. The van der Waals surface area contributed by atoms with Crippen molar-refractivity contribution in [2.75, 3.05) is 10.6 Å². The molecular weight excluding hydrogens is 468 g/mol. The van der Waals surface area contributed by atoms with Gasteiger partial charge in [-0.25, -0.2) is 4.98 Å². The Labute approximate surface area is 200 Å². The number of aromatic nitrogens is 4. The number of thioether (sulfide) groups is 1. The second-order valence-electron chi connectivity index (χ2n) is 7.38. The molecule has 0 radical (unpaired) electrons. The topological polar surface area (TPSA) is 102 Å². The van der Waals surface area contributed by atoms with Gasteiger partial charge in [0.15, 0.2) is 10.3 Å². The lowest BCUT2D eigenvalue weighted by Gasteiger charge is -2.10. The molecule has 3 rings (SSSR count). The molecule has 1 aromatic carbocycles. The highest BCUT2D eigenvalue weighted by molar-refractivity contribution is 8.00. The van der Waals surface area contributed by atoms with Gasteiger partial charge >= 0.3 is 0 Å². The number of hydrogen-bond donors (Lipinski definition) is 2. The largest absolute Gasteiger partial charge is 0.326 e. The number of halogens is 1. The normalized spacial score (nSPS) is 11.9. The van der Waals surface area contributed by atoms with Gasteiger partial charge in [0.2, 0.25) is 11.8 Å². The molecule has 2 heterocycles. The van der Waals surface area contributed by atoms with Crippen molar-refractivity contribution in [3.8, 4) is 0 Å². The molecule has 0 aliphatic heterocycles. The number of carbonyl (C=O) groups excluding carboxylic acids is 2. The summed E-state index contributed by atoms with van der Waals surface area (Å²) < 4.78 is 1.81. The molecule has 0 saturated carbocycles. The van der Waals surface area contributed by atoms with Gasteiger partial charge in [0, 0.05) is 35.5 Å². The summed E-state index contributed by atoms with van der Waals surface area (Å²) in [4.78, 5) is 30.2. The van der Waals surface area contributed by atoms with Gasteiger partial charge < -0.3 is 15.2 Å². The molecule has 0 spiro atoms. The van der Waals surface area contributed by atoms with Crippen LogP contribution in [0, 0.1) is 20.8 Å². The lowest BCUT2D eigenvalue weighted by molar-refractivity contribution is -0.116. The number of nitrogens with zero attached hydrogens (tertiary/aromatic N) is 4. The van der Waals surface area contributed by atoms with Gasteiger partial charge in [-0.1, -0.05) is 29.4 Å². The van der Waals surface area contributed by atoms with Gasteiger partial charge in [-0.2, -0.15) is 0 Å². The minimum absolute atomic E-state index is 0.135. The molecule has 0 fully saturated rings. The van der Waals surface area contributed by atoms with Crippen LogP contribution in [-0.2, 0) is 23.1 Å². The minimum Gasteiger partial charge on any atom is -0.326 e. The van der Waals surface area contributed by atoms with Crippen LogP contribution in [0.1, 0.15) is 35.3 Å². The molecule has 0 aliphatic rings. The van der Waals surface area contributed by atoms with E-state index in [4.69, 9.17) is 11.6 Å². The quantitative estimate of drug-likeness (QED) is 0.447. The molecule has 2 N–H and O–H groups in total. The summed E-state index contributed by atoms with van der Waals surface area (Å²) in [5.41, 5.74) is 2.52. The maximum atomic E-state index is 12.5. The van der Waals surface area contributed by atoms with Crippen molar-refractivity contribution in [1.29, 1.82) is 0 Å². The van der Waals surface area contributed by atoms with Crippen molar-refractivity contribution in [1.82, 2.24) is 19.7 Å². The number of benzene rings is 1. The molecule has 32 heavy (non-hydrogen) atoms. The summed E-state index contributed by atoms with van der Waals surface area (Å²) >= 11 is 8.87. The van der Waals surface area contributed by atoms with Crippen LogP contribution in [0.3, 0.4) is 0 Å². The second-order valence-corrected chi connectivity index (χ2v) is 10.3. The smallest absolute Gasteiger partial charge is 0.239 e. The van der Waals surface area contributed by atoms with Gasteiger partial charge in [-0.15, -0.1) is 21.5 Å². The van der Waals surface area contributed by atoms with Crippen LogP contribution in [0.2, 0.25) is 5.02 Å². The highest BCUT2D eigenvalue weighted by Crippen LogP contribution is 2.25. The third-order valence-corrected chi connectivity index (χ3v) is 7.40. The van der Waals surface area contributed by atoms with Crippen LogP contribution in [0.15, 0.2) is 23.4 Å². The predicted octanol–water partition coefficient (Wildman–Crippen LogP) is 4.54. The Morgan fingerprint density at radius 3 is 2.62 bits per heavy atom. The van der Waals surface area contributed by atoms with Crippen molar-refractivity contribution in [3.63, 3.8) is 0 Å².